The number of aliphatic carboxylic acids is 1. The Hall–Kier alpha value is -1.87. The van der Waals surface area contributed by atoms with E-state index in [1.165, 1.54) is 21.1 Å². The minimum atomic E-state index is -4.17. The van der Waals surface area contributed by atoms with Crippen molar-refractivity contribution in [3.63, 3.8) is 0 Å². The maximum Gasteiger partial charge on any atom is 0.310 e. The standard InChI is InChI=1S/C14H18FNO6S/c1-14(13(17)18)4-5-16(8-14)23(19,20)12-7-11(22-3)10(21-2)6-9(12)15/h6-7H,4-5,8H2,1-3H3,(H,17,18). The van der Waals surface area contributed by atoms with Crippen LogP contribution in [0.3, 0.4) is 0 Å². The van der Waals surface area contributed by atoms with Crippen LogP contribution in [0.2, 0.25) is 0 Å². The number of nitrogens with zero attached hydrogens (tertiary/aromatic N) is 1. The average Bonchev–Trinajstić information content (AvgIpc) is 2.91. The molecule has 9 heteroatoms. The Balaban J connectivity index is 2.43. The van der Waals surface area contributed by atoms with Crippen LogP contribution in [0.1, 0.15) is 13.3 Å². The molecular weight excluding hydrogens is 329 g/mol. The summed E-state index contributed by atoms with van der Waals surface area (Å²) in [6.07, 6.45) is 0.163. The molecule has 1 aromatic carbocycles. The van der Waals surface area contributed by atoms with Gasteiger partial charge in [0.1, 0.15) is 10.7 Å². The van der Waals surface area contributed by atoms with Crippen LogP contribution in [0.25, 0.3) is 0 Å². The zero-order chi connectivity index (χ0) is 17.4. The van der Waals surface area contributed by atoms with Gasteiger partial charge in [-0.05, 0) is 13.3 Å². The highest BCUT2D eigenvalue weighted by molar-refractivity contribution is 7.89. The summed E-state index contributed by atoms with van der Waals surface area (Å²) in [5.74, 6) is -1.91. The van der Waals surface area contributed by atoms with Gasteiger partial charge < -0.3 is 14.6 Å². The minimum absolute atomic E-state index is 0.0128. The van der Waals surface area contributed by atoms with E-state index in [9.17, 15) is 22.7 Å². The maximum atomic E-state index is 14.2. The van der Waals surface area contributed by atoms with E-state index in [0.717, 1.165) is 16.4 Å². The fraction of sp³-hybridized carbons (Fsp3) is 0.500. The zero-order valence-corrected chi connectivity index (χ0v) is 13.8. The Bertz CT molecular complexity index is 735. The number of hydrogen-bond donors (Lipinski definition) is 1. The number of carboxylic acid groups (broad SMARTS) is 1. The number of ether oxygens (including phenoxy) is 2. The highest BCUT2D eigenvalue weighted by Crippen LogP contribution is 2.37. The lowest BCUT2D eigenvalue weighted by atomic mass is 9.90. The molecule has 0 saturated carbocycles. The van der Waals surface area contributed by atoms with Crippen LogP contribution in [0.4, 0.5) is 4.39 Å². The van der Waals surface area contributed by atoms with Crippen molar-refractivity contribution in [2.24, 2.45) is 5.41 Å². The molecule has 0 aromatic heterocycles. The van der Waals surface area contributed by atoms with Crippen molar-refractivity contribution in [1.82, 2.24) is 4.31 Å². The molecule has 0 amide bonds. The quantitative estimate of drug-likeness (QED) is 0.864. The first-order valence-electron chi connectivity index (χ1n) is 6.81. The molecule has 1 aromatic rings. The molecule has 1 aliphatic rings. The largest absolute Gasteiger partial charge is 0.493 e. The third kappa shape index (κ3) is 2.98. The van der Waals surface area contributed by atoms with Crippen LogP contribution in [-0.2, 0) is 14.8 Å². The molecule has 2 rings (SSSR count). The first-order valence-corrected chi connectivity index (χ1v) is 8.25. The normalized spacial score (nSPS) is 22.1. The van der Waals surface area contributed by atoms with Crippen LogP contribution in [0, 0.1) is 11.2 Å². The lowest BCUT2D eigenvalue weighted by Crippen LogP contribution is -2.35. The van der Waals surface area contributed by atoms with E-state index in [0.29, 0.717) is 0 Å². The summed E-state index contributed by atoms with van der Waals surface area (Å²) in [7, 11) is -1.55. The second-order valence-electron chi connectivity index (χ2n) is 5.59. The van der Waals surface area contributed by atoms with Gasteiger partial charge in [0.15, 0.2) is 11.5 Å². The Morgan fingerprint density at radius 2 is 1.87 bits per heavy atom. The lowest BCUT2D eigenvalue weighted by molar-refractivity contribution is -0.146. The number of halogens is 1. The third-order valence-electron chi connectivity index (χ3n) is 4.01. The van der Waals surface area contributed by atoms with Gasteiger partial charge in [0.25, 0.3) is 0 Å². The second kappa shape index (κ2) is 5.97. The number of methoxy groups -OCH3 is 2. The molecule has 1 saturated heterocycles. The Morgan fingerprint density at radius 3 is 2.35 bits per heavy atom. The SMILES string of the molecule is COc1cc(F)c(S(=O)(=O)N2CCC(C)(C(=O)O)C2)cc1OC. The molecule has 7 nitrogen and oxygen atoms in total. The van der Waals surface area contributed by atoms with E-state index < -0.39 is 32.1 Å². The van der Waals surface area contributed by atoms with Crippen molar-refractivity contribution in [3.8, 4) is 11.5 Å². The zero-order valence-electron chi connectivity index (χ0n) is 13.0. The molecule has 1 atom stereocenters. The number of carbonyl (C=O) groups is 1. The predicted molar refractivity (Wildman–Crippen MR) is 78.6 cm³/mol. The van der Waals surface area contributed by atoms with Crippen molar-refractivity contribution >= 4 is 16.0 Å². The van der Waals surface area contributed by atoms with Gasteiger partial charge in [0.2, 0.25) is 10.0 Å². The number of sulfonamides is 1. The monoisotopic (exact) mass is 347 g/mol. The first kappa shape index (κ1) is 17.5. The van der Waals surface area contributed by atoms with Crippen molar-refractivity contribution in [2.75, 3.05) is 27.3 Å². The minimum Gasteiger partial charge on any atom is -0.493 e. The Labute approximate surface area is 133 Å². The number of hydrogen-bond acceptors (Lipinski definition) is 5. The molecule has 0 radical (unpaired) electrons. The molecule has 128 valence electrons. The fourth-order valence-electron chi connectivity index (χ4n) is 2.47. The van der Waals surface area contributed by atoms with Gasteiger partial charge in [-0.1, -0.05) is 0 Å². The highest BCUT2D eigenvalue weighted by Gasteiger charge is 2.45. The van der Waals surface area contributed by atoms with Gasteiger partial charge in [-0.2, -0.15) is 4.31 Å². The number of benzene rings is 1. The van der Waals surface area contributed by atoms with Crippen molar-refractivity contribution < 1.29 is 32.2 Å². The maximum absolute atomic E-state index is 14.2. The van der Waals surface area contributed by atoms with Crippen LogP contribution in [0.5, 0.6) is 11.5 Å². The summed E-state index contributed by atoms with van der Waals surface area (Å²) in [6, 6.07) is 1.97. The van der Waals surface area contributed by atoms with E-state index in [4.69, 9.17) is 9.47 Å². The summed E-state index contributed by atoms with van der Waals surface area (Å²) >= 11 is 0. The summed E-state index contributed by atoms with van der Waals surface area (Å²) < 4.78 is 50.4. The Morgan fingerprint density at radius 1 is 1.30 bits per heavy atom. The van der Waals surface area contributed by atoms with Gasteiger partial charge in [0.05, 0.1) is 19.6 Å². The summed E-state index contributed by atoms with van der Waals surface area (Å²) in [5.41, 5.74) is -1.18. The topological polar surface area (TPSA) is 93.1 Å². The first-order chi connectivity index (χ1) is 10.7. The van der Waals surface area contributed by atoms with E-state index in [-0.39, 0.29) is 31.0 Å². The smallest absolute Gasteiger partial charge is 0.310 e. The lowest BCUT2D eigenvalue weighted by Gasteiger charge is -2.21. The van der Waals surface area contributed by atoms with Crippen LogP contribution in [0.15, 0.2) is 17.0 Å². The summed E-state index contributed by atoms with van der Waals surface area (Å²) in [6.45, 7) is 1.27. The van der Waals surface area contributed by atoms with Crippen molar-refractivity contribution in [2.45, 2.75) is 18.2 Å². The van der Waals surface area contributed by atoms with Crippen LogP contribution >= 0.6 is 0 Å². The fourth-order valence-corrected chi connectivity index (χ4v) is 4.10. The van der Waals surface area contributed by atoms with E-state index in [1.54, 1.807) is 0 Å². The van der Waals surface area contributed by atoms with Crippen molar-refractivity contribution in [1.29, 1.82) is 0 Å². The van der Waals surface area contributed by atoms with E-state index >= 15 is 0 Å². The summed E-state index contributed by atoms with van der Waals surface area (Å²) in [4.78, 5) is 10.7. The molecule has 1 heterocycles. The van der Waals surface area contributed by atoms with Gasteiger partial charge in [-0.25, -0.2) is 12.8 Å². The molecule has 0 spiro atoms. The van der Waals surface area contributed by atoms with Gasteiger partial charge in [0, 0.05) is 25.2 Å². The van der Waals surface area contributed by atoms with Crippen molar-refractivity contribution in [3.05, 3.63) is 17.9 Å². The molecule has 1 aliphatic heterocycles. The molecule has 1 unspecified atom stereocenters. The second-order valence-corrected chi connectivity index (χ2v) is 7.50. The molecule has 1 N–H and O–H groups in total. The molecular formula is C14H18FNO6S. The molecule has 1 fully saturated rings. The molecule has 0 bridgehead atoms. The third-order valence-corrected chi connectivity index (χ3v) is 5.87. The van der Waals surface area contributed by atoms with Crippen LogP contribution in [-0.4, -0.2) is 51.1 Å². The van der Waals surface area contributed by atoms with Gasteiger partial charge in [-0.3, -0.25) is 4.79 Å². The van der Waals surface area contributed by atoms with E-state index in [1.807, 2.05) is 0 Å². The molecule has 0 aliphatic carbocycles. The average molecular weight is 347 g/mol. The Kier molecular flexibility index (Phi) is 4.54. The van der Waals surface area contributed by atoms with Gasteiger partial charge >= 0.3 is 5.97 Å². The predicted octanol–water partition coefficient (Wildman–Crippen LogP) is 1.33. The van der Waals surface area contributed by atoms with Gasteiger partial charge in [-0.15, -0.1) is 0 Å². The number of carboxylic acids is 1. The van der Waals surface area contributed by atoms with E-state index in [2.05, 4.69) is 0 Å². The molecule has 23 heavy (non-hydrogen) atoms. The highest BCUT2D eigenvalue weighted by atomic mass is 32.2. The summed E-state index contributed by atoms with van der Waals surface area (Å²) in [5, 5.41) is 9.20. The van der Waals surface area contributed by atoms with Crippen LogP contribution < -0.4 is 9.47 Å². The number of rotatable bonds is 5.